The number of carbonyl (C=O) groups is 1. The zero-order chi connectivity index (χ0) is 16.0. The van der Waals surface area contributed by atoms with Crippen LogP contribution >= 0.6 is 0 Å². The van der Waals surface area contributed by atoms with Gasteiger partial charge in [0.2, 0.25) is 5.91 Å². The van der Waals surface area contributed by atoms with Gasteiger partial charge in [-0.2, -0.15) is 0 Å². The molecule has 1 rings (SSSR count). The highest BCUT2D eigenvalue weighted by Gasteiger charge is 2.28. The summed E-state index contributed by atoms with van der Waals surface area (Å²) in [7, 11) is 3.88. The van der Waals surface area contributed by atoms with Crippen molar-refractivity contribution in [2.75, 3.05) is 27.2 Å². The number of amides is 1. The van der Waals surface area contributed by atoms with Crippen LogP contribution in [0.4, 0.5) is 0 Å². The molecule has 0 spiro atoms. The number of nitrogens with one attached hydrogen (secondary N) is 3. The molecule has 0 radical (unpaired) electrons. The molecule has 1 amide bonds. The number of aliphatic imine (C=N–C) groups is 1. The van der Waals surface area contributed by atoms with E-state index in [1.54, 1.807) is 7.05 Å². The summed E-state index contributed by atoms with van der Waals surface area (Å²) in [6, 6.07) is 1.19. The first-order chi connectivity index (χ1) is 9.73. The fourth-order valence-electron chi connectivity index (χ4n) is 2.08. The molecule has 0 aliphatic heterocycles. The average Bonchev–Trinajstić information content (AvgIpc) is 3.19. The van der Waals surface area contributed by atoms with Crippen LogP contribution in [0.15, 0.2) is 4.99 Å². The number of rotatable bonds is 6. The van der Waals surface area contributed by atoms with Gasteiger partial charge in [-0.15, -0.1) is 0 Å². The highest BCUT2D eigenvalue weighted by atomic mass is 16.2. The van der Waals surface area contributed by atoms with Crippen molar-refractivity contribution in [3.63, 3.8) is 0 Å². The molecule has 6 heteroatoms. The largest absolute Gasteiger partial charge is 0.355 e. The lowest BCUT2D eigenvalue weighted by atomic mass is 10.1. The summed E-state index contributed by atoms with van der Waals surface area (Å²) < 4.78 is 0. The number of guanidine groups is 1. The molecular formula is C15H31N5O. The third-order valence-electron chi connectivity index (χ3n) is 3.54. The van der Waals surface area contributed by atoms with Gasteiger partial charge >= 0.3 is 0 Å². The van der Waals surface area contributed by atoms with E-state index in [0.29, 0.717) is 12.0 Å². The molecule has 0 saturated heterocycles. The minimum Gasteiger partial charge on any atom is -0.355 e. The Labute approximate surface area is 128 Å². The monoisotopic (exact) mass is 297 g/mol. The first-order valence-electron chi connectivity index (χ1n) is 7.70. The Morgan fingerprint density at radius 1 is 1.33 bits per heavy atom. The van der Waals surface area contributed by atoms with Gasteiger partial charge in [0.25, 0.3) is 0 Å². The summed E-state index contributed by atoms with van der Waals surface area (Å²) in [5.74, 6) is 0.628. The van der Waals surface area contributed by atoms with E-state index >= 15 is 0 Å². The molecule has 0 heterocycles. The summed E-state index contributed by atoms with van der Waals surface area (Å²) >= 11 is 0. The summed E-state index contributed by atoms with van der Waals surface area (Å²) in [5, 5.41) is 9.22. The molecule has 0 aromatic carbocycles. The molecule has 1 saturated carbocycles. The Balaban J connectivity index is 2.27. The lowest BCUT2D eigenvalue weighted by Gasteiger charge is -2.25. The Kier molecular flexibility index (Phi) is 6.45. The van der Waals surface area contributed by atoms with Crippen molar-refractivity contribution in [3.8, 4) is 0 Å². The molecule has 1 unspecified atom stereocenters. The van der Waals surface area contributed by atoms with Gasteiger partial charge in [0.15, 0.2) is 5.96 Å². The van der Waals surface area contributed by atoms with E-state index in [2.05, 4.69) is 39.8 Å². The third kappa shape index (κ3) is 7.32. The first kappa shape index (κ1) is 17.8. The van der Waals surface area contributed by atoms with E-state index in [9.17, 15) is 4.79 Å². The number of likely N-dealkylation sites (N-methyl/N-ethyl adjacent to an activating group) is 1. The van der Waals surface area contributed by atoms with Gasteiger partial charge in [0.05, 0.1) is 6.54 Å². The maximum Gasteiger partial charge on any atom is 0.239 e. The van der Waals surface area contributed by atoms with Crippen LogP contribution in [0.5, 0.6) is 0 Å². The van der Waals surface area contributed by atoms with Gasteiger partial charge in [0.1, 0.15) is 0 Å². The lowest BCUT2D eigenvalue weighted by Crippen LogP contribution is -2.50. The Bertz CT molecular complexity index is 371. The van der Waals surface area contributed by atoms with Crippen molar-refractivity contribution in [2.24, 2.45) is 4.99 Å². The SMILES string of the molecule is CN=C(NCC(=O)NC(C)(C)C)NCC(C)N(C)C1CC1. The molecule has 122 valence electrons. The molecule has 0 aromatic rings. The van der Waals surface area contributed by atoms with E-state index in [-0.39, 0.29) is 18.0 Å². The molecule has 1 aliphatic carbocycles. The second-order valence-corrected chi connectivity index (χ2v) is 6.85. The zero-order valence-electron chi connectivity index (χ0n) is 14.3. The minimum atomic E-state index is -0.211. The van der Waals surface area contributed by atoms with E-state index < -0.39 is 0 Å². The topological polar surface area (TPSA) is 68.8 Å². The summed E-state index contributed by atoms with van der Waals surface area (Å²) in [4.78, 5) is 18.3. The van der Waals surface area contributed by atoms with Crippen LogP contribution in [0.2, 0.25) is 0 Å². The van der Waals surface area contributed by atoms with Crippen LogP contribution in [0, 0.1) is 0 Å². The van der Waals surface area contributed by atoms with Gasteiger partial charge in [-0.05, 0) is 47.6 Å². The van der Waals surface area contributed by atoms with E-state index in [1.807, 2.05) is 20.8 Å². The zero-order valence-corrected chi connectivity index (χ0v) is 14.3. The number of hydrogen-bond acceptors (Lipinski definition) is 3. The average molecular weight is 297 g/mol. The van der Waals surface area contributed by atoms with Crippen LogP contribution in [-0.4, -0.2) is 61.6 Å². The van der Waals surface area contributed by atoms with E-state index in [4.69, 9.17) is 0 Å². The maximum absolute atomic E-state index is 11.8. The fourth-order valence-corrected chi connectivity index (χ4v) is 2.08. The minimum absolute atomic E-state index is 0.0337. The van der Waals surface area contributed by atoms with Gasteiger partial charge in [-0.1, -0.05) is 0 Å². The van der Waals surface area contributed by atoms with Crippen molar-refractivity contribution in [1.29, 1.82) is 0 Å². The summed E-state index contributed by atoms with van der Waals surface area (Å²) in [6.45, 7) is 9.14. The molecular weight excluding hydrogens is 266 g/mol. The maximum atomic E-state index is 11.8. The molecule has 6 nitrogen and oxygen atoms in total. The Morgan fingerprint density at radius 2 is 1.95 bits per heavy atom. The summed E-state index contributed by atoms with van der Waals surface area (Å²) in [6.07, 6.45) is 2.61. The Morgan fingerprint density at radius 3 is 2.43 bits per heavy atom. The van der Waals surface area contributed by atoms with Gasteiger partial charge in [-0.3, -0.25) is 14.7 Å². The van der Waals surface area contributed by atoms with Crippen LogP contribution in [0.25, 0.3) is 0 Å². The Hall–Kier alpha value is -1.30. The molecule has 21 heavy (non-hydrogen) atoms. The van der Waals surface area contributed by atoms with E-state index in [1.165, 1.54) is 12.8 Å². The lowest BCUT2D eigenvalue weighted by molar-refractivity contribution is -0.121. The quantitative estimate of drug-likeness (QED) is 0.495. The van der Waals surface area contributed by atoms with Crippen molar-refractivity contribution >= 4 is 11.9 Å². The van der Waals surface area contributed by atoms with Crippen LogP contribution < -0.4 is 16.0 Å². The molecule has 1 atom stereocenters. The second kappa shape index (κ2) is 7.64. The number of hydrogen-bond donors (Lipinski definition) is 3. The molecule has 0 bridgehead atoms. The van der Waals surface area contributed by atoms with Crippen molar-refractivity contribution in [1.82, 2.24) is 20.9 Å². The standard InChI is InChI=1S/C15H31N5O/c1-11(20(6)12-7-8-12)9-17-14(16-5)18-10-13(21)19-15(2,3)4/h11-12H,7-10H2,1-6H3,(H,19,21)(H2,16,17,18). The highest BCUT2D eigenvalue weighted by Crippen LogP contribution is 2.26. The second-order valence-electron chi connectivity index (χ2n) is 6.85. The molecule has 0 aromatic heterocycles. The normalized spacial score (nSPS) is 17.6. The molecule has 3 N–H and O–H groups in total. The smallest absolute Gasteiger partial charge is 0.239 e. The van der Waals surface area contributed by atoms with E-state index in [0.717, 1.165) is 12.6 Å². The van der Waals surface area contributed by atoms with Crippen LogP contribution in [-0.2, 0) is 4.79 Å². The van der Waals surface area contributed by atoms with Gasteiger partial charge < -0.3 is 16.0 Å². The van der Waals surface area contributed by atoms with Gasteiger partial charge in [-0.25, -0.2) is 0 Å². The predicted molar refractivity (Wildman–Crippen MR) is 87.5 cm³/mol. The summed E-state index contributed by atoms with van der Waals surface area (Å²) in [5.41, 5.74) is -0.211. The fraction of sp³-hybridized carbons (Fsp3) is 0.867. The van der Waals surface area contributed by atoms with Crippen molar-refractivity contribution < 1.29 is 4.79 Å². The predicted octanol–water partition coefficient (Wildman–Crippen LogP) is 0.549. The van der Waals surface area contributed by atoms with Crippen LogP contribution in [0.1, 0.15) is 40.5 Å². The van der Waals surface area contributed by atoms with Crippen molar-refractivity contribution in [2.45, 2.75) is 58.2 Å². The first-order valence-corrected chi connectivity index (χ1v) is 7.70. The van der Waals surface area contributed by atoms with Crippen LogP contribution in [0.3, 0.4) is 0 Å². The van der Waals surface area contributed by atoms with Gasteiger partial charge in [0, 0.05) is 31.2 Å². The highest BCUT2D eigenvalue weighted by molar-refractivity contribution is 5.86. The van der Waals surface area contributed by atoms with Crippen molar-refractivity contribution in [3.05, 3.63) is 0 Å². The third-order valence-corrected chi connectivity index (χ3v) is 3.54. The molecule has 1 aliphatic rings. The number of nitrogens with zero attached hydrogens (tertiary/aromatic N) is 2. The molecule has 1 fully saturated rings. The number of carbonyl (C=O) groups excluding carboxylic acids is 1.